The number of aliphatic hydroxyl groups excluding tert-OH is 1. The predicted molar refractivity (Wildman–Crippen MR) is 69.8 cm³/mol. The van der Waals surface area contributed by atoms with Crippen molar-refractivity contribution in [2.24, 2.45) is 5.73 Å². The highest BCUT2D eigenvalue weighted by molar-refractivity contribution is 7.80. The van der Waals surface area contributed by atoms with E-state index >= 15 is 0 Å². The third-order valence-corrected chi connectivity index (χ3v) is 3.29. The van der Waals surface area contributed by atoms with E-state index in [1.807, 2.05) is 24.3 Å². The number of aliphatic hydroxyl groups is 1. The first kappa shape index (κ1) is 11.4. The zero-order valence-electron chi connectivity index (χ0n) is 9.10. The molecule has 0 spiro atoms. The van der Waals surface area contributed by atoms with Gasteiger partial charge >= 0.3 is 0 Å². The lowest BCUT2D eigenvalue weighted by Gasteiger charge is -2.27. The van der Waals surface area contributed by atoms with Gasteiger partial charge in [-0.1, -0.05) is 24.4 Å². The van der Waals surface area contributed by atoms with E-state index in [4.69, 9.17) is 18.0 Å². The number of hydrogen-bond donors (Lipinski definition) is 2. The zero-order chi connectivity index (χ0) is 11.5. The van der Waals surface area contributed by atoms with Crippen molar-refractivity contribution < 1.29 is 5.11 Å². The van der Waals surface area contributed by atoms with Gasteiger partial charge in [-0.2, -0.15) is 0 Å². The van der Waals surface area contributed by atoms with E-state index in [1.54, 1.807) is 0 Å². The molecule has 3 nitrogen and oxygen atoms in total. The first-order valence-corrected chi connectivity index (χ1v) is 5.91. The fraction of sp³-hybridized carbons (Fsp3) is 0.417. The Morgan fingerprint density at radius 1 is 1.50 bits per heavy atom. The van der Waals surface area contributed by atoms with Gasteiger partial charge < -0.3 is 15.7 Å². The van der Waals surface area contributed by atoms with Crippen molar-refractivity contribution in [3.8, 4) is 0 Å². The quantitative estimate of drug-likeness (QED) is 0.776. The molecule has 1 heterocycles. The van der Waals surface area contributed by atoms with Crippen molar-refractivity contribution in [2.45, 2.75) is 18.9 Å². The molecule has 0 aliphatic carbocycles. The van der Waals surface area contributed by atoms with E-state index in [2.05, 4.69) is 4.90 Å². The van der Waals surface area contributed by atoms with Gasteiger partial charge in [0.15, 0.2) is 0 Å². The molecular weight excluding hydrogens is 220 g/mol. The number of thiocarbonyl (C=S) groups is 1. The van der Waals surface area contributed by atoms with Gasteiger partial charge in [-0.25, -0.2) is 0 Å². The van der Waals surface area contributed by atoms with Crippen LogP contribution in [-0.2, 0) is 0 Å². The van der Waals surface area contributed by atoms with Crippen LogP contribution in [0.2, 0.25) is 0 Å². The molecule has 2 rings (SSSR count). The van der Waals surface area contributed by atoms with Crippen molar-refractivity contribution in [1.82, 2.24) is 0 Å². The smallest absolute Gasteiger partial charge is 0.106 e. The first-order valence-electron chi connectivity index (χ1n) is 5.50. The van der Waals surface area contributed by atoms with Crippen LogP contribution in [0, 0.1) is 0 Å². The second kappa shape index (κ2) is 4.80. The molecule has 86 valence electrons. The van der Waals surface area contributed by atoms with Gasteiger partial charge in [0.1, 0.15) is 4.99 Å². The van der Waals surface area contributed by atoms with Crippen LogP contribution in [0.25, 0.3) is 0 Å². The van der Waals surface area contributed by atoms with E-state index in [1.165, 1.54) is 0 Å². The second-order valence-electron chi connectivity index (χ2n) is 4.05. The van der Waals surface area contributed by atoms with E-state index in [0.717, 1.165) is 30.6 Å². The van der Waals surface area contributed by atoms with Crippen molar-refractivity contribution in [3.05, 3.63) is 29.8 Å². The summed E-state index contributed by atoms with van der Waals surface area (Å²) in [6.07, 6.45) is 2.14. The van der Waals surface area contributed by atoms with Gasteiger partial charge in [-0.3, -0.25) is 0 Å². The van der Waals surface area contributed by atoms with Gasteiger partial charge in [0, 0.05) is 17.8 Å². The Hall–Kier alpha value is -1.13. The maximum absolute atomic E-state index is 9.32. The maximum atomic E-state index is 9.32. The number of hydrogen-bond acceptors (Lipinski definition) is 3. The molecule has 1 unspecified atom stereocenters. The molecule has 1 aliphatic rings. The molecule has 0 radical (unpaired) electrons. The number of nitrogens with two attached hydrogens (primary N) is 1. The summed E-state index contributed by atoms with van der Waals surface area (Å²) in [5.41, 5.74) is 7.66. The summed E-state index contributed by atoms with van der Waals surface area (Å²) in [6.45, 7) is 1.15. The molecule has 0 saturated carbocycles. The molecule has 0 amide bonds. The topological polar surface area (TPSA) is 49.5 Å². The number of anilines is 1. The Balaban J connectivity index is 2.35. The van der Waals surface area contributed by atoms with Crippen molar-refractivity contribution >= 4 is 22.9 Å². The molecule has 3 N–H and O–H groups in total. The predicted octanol–water partition coefficient (Wildman–Crippen LogP) is 1.28. The molecule has 1 fully saturated rings. The summed E-state index contributed by atoms with van der Waals surface area (Å²) in [6, 6.07) is 8.06. The van der Waals surface area contributed by atoms with Crippen LogP contribution >= 0.6 is 12.2 Å². The molecule has 0 bridgehead atoms. The van der Waals surface area contributed by atoms with Crippen LogP contribution in [0.3, 0.4) is 0 Å². The summed E-state index contributed by atoms with van der Waals surface area (Å²) in [4.78, 5) is 2.62. The van der Waals surface area contributed by atoms with Crippen LogP contribution < -0.4 is 10.6 Å². The molecule has 4 heteroatoms. The summed E-state index contributed by atoms with van der Waals surface area (Å²) in [7, 11) is 0. The molecular formula is C12H16N2OS. The molecule has 1 atom stereocenters. The minimum Gasteiger partial charge on any atom is -0.394 e. The van der Waals surface area contributed by atoms with Crippen molar-refractivity contribution in [1.29, 1.82) is 0 Å². The maximum Gasteiger partial charge on any atom is 0.106 e. The average Bonchev–Trinajstić information content (AvgIpc) is 2.76. The van der Waals surface area contributed by atoms with E-state index in [9.17, 15) is 5.11 Å². The number of rotatable bonds is 3. The lowest BCUT2D eigenvalue weighted by Crippen LogP contribution is -2.33. The molecule has 1 saturated heterocycles. The summed E-state index contributed by atoms with van der Waals surface area (Å²) < 4.78 is 0. The third-order valence-electron chi connectivity index (χ3n) is 3.07. The van der Waals surface area contributed by atoms with Crippen molar-refractivity contribution in [2.75, 3.05) is 18.1 Å². The Bertz CT molecular complexity index is 394. The molecule has 16 heavy (non-hydrogen) atoms. The largest absolute Gasteiger partial charge is 0.394 e. The highest BCUT2D eigenvalue weighted by atomic mass is 32.1. The number of benzene rings is 1. The fourth-order valence-electron chi connectivity index (χ4n) is 2.28. The van der Waals surface area contributed by atoms with Gasteiger partial charge in [-0.15, -0.1) is 0 Å². The lowest BCUT2D eigenvalue weighted by molar-refractivity contribution is 0.266. The molecule has 0 aromatic heterocycles. The molecule has 1 aliphatic heterocycles. The highest BCUT2D eigenvalue weighted by Crippen LogP contribution is 2.28. The normalized spacial score (nSPS) is 20.1. The molecule has 1 aromatic rings. The monoisotopic (exact) mass is 236 g/mol. The van der Waals surface area contributed by atoms with Crippen LogP contribution in [0.15, 0.2) is 24.3 Å². The van der Waals surface area contributed by atoms with Gasteiger partial charge in [0.2, 0.25) is 0 Å². The first-order chi connectivity index (χ1) is 7.74. The summed E-state index contributed by atoms with van der Waals surface area (Å²) >= 11 is 5.05. The Morgan fingerprint density at radius 2 is 2.25 bits per heavy atom. The Labute approximate surface area is 101 Å². The fourth-order valence-corrected chi connectivity index (χ4v) is 2.45. The van der Waals surface area contributed by atoms with Crippen LogP contribution in [0.5, 0.6) is 0 Å². The highest BCUT2D eigenvalue weighted by Gasteiger charge is 2.25. The van der Waals surface area contributed by atoms with Crippen molar-refractivity contribution in [3.63, 3.8) is 0 Å². The minimum absolute atomic E-state index is 0.186. The van der Waals surface area contributed by atoms with Gasteiger partial charge in [0.05, 0.1) is 12.6 Å². The van der Waals surface area contributed by atoms with E-state index in [-0.39, 0.29) is 12.6 Å². The van der Waals surface area contributed by atoms with Crippen LogP contribution in [0.4, 0.5) is 5.69 Å². The number of nitrogens with zero attached hydrogens (tertiary/aromatic N) is 1. The van der Waals surface area contributed by atoms with Crippen LogP contribution in [-0.4, -0.2) is 29.3 Å². The lowest BCUT2D eigenvalue weighted by atomic mass is 10.1. The average molecular weight is 236 g/mol. The van der Waals surface area contributed by atoms with E-state index < -0.39 is 0 Å². The zero-order valence-corrected chi connectivity index (χ0v) is 9.91. The number of para-hydroxylation sites is 1. The Morgan fingerprint density at radius 3 is 2.94 bits per heavy atom. The minimum atomic E-state index is 0.186. The Kier molecular flexibility index (Phi) is 3.41. The summed E-state index contributed by atoms with van der Waals surface area (Å²) in [5.74, 6) is 0. The van der Waals surface area contributed by atoms with Gasteiger partial charge in [-0.05, 0) is 25.0 Å². The van der Waals surface area contributed by atoms with Gasteiger partial charge in [0.25, 0.3) is 0 Å². The standard InChI is InChI=1S/C12H16N2OS/c13-12(16)10-5-1-2-6-11(10)14-7-3-4-9(14)8-15/h1-2,5-6,9,15H,3-4,7-8H2,(H2,13,16). The van der Waals surface area contributed by atoms with E-state index in [0.29, 0.717) is 4.99 Å². The third kappa shape index (κ3) is 2.03. The second-order valence-corrected chi connectivity index (χ2v) is 4.49. The molecule has 1 aromatic carbocycles. The summed E-state index contributed by atoms with van der Waals surface area (Å²) in [5, 5.41) is 9.32. The van der Waals surface area contributed by atoms with Crippen LogP contribution in [0.1, 0.15) is 18.4 Å². The SMILES string of the molecule is NC(=S)c1ccccc1N1CCCC1CO.